The Labute approximate surface area is 241 Å². The summed E-state index contributed by atoms with van der Waals surface area (Å²) in [6.45, 7) is 7.36. The Balaban J connectivity index is 2.03. The number of rotatable bonds is 12. The Hall–Kier alpha value is -3.56. The van der Waals surface area contributed by atoms with E-state index in [1.165, 1.54) is 23.1 Å². The molecule has 0 fully saturated rings. The number of anilines is 1. The molecule has 0 aliphatic rings. The van der Waals surface area contributed by atoms with Crippen molar-refractivity contribution in [2.24, 2.45) is 5.92 Å². The summed E-state index contributed by atoms with van der Waals surface area (Å²) in [5.74, 6) is -0.0621. The van der Waals surface area contributed by atoms with Crippen LogP contribution in [0.5, 0.6) is 5.75 Å². The first-order chi connectivity index (χ1) is 18.9. The first-order valence-electron chi connectivity index (χ1n) is 13.0. The summed E-state index contributed by atoms with van der Waals surface area (Å²) in [6.07, 6.45) is 0. The van der Waals surface area contributed by atoms with E-state index in [4.69, 9.17) is 16.3 Å². The molecule has 1 N–H and O–H groups in total. The number of aryl methyl sites for hydroxylation is 1. The van der Waals surface area contributed by atoms with E-state index >= 15 is 0 Å². The molecule has 214 valence electrons. The van der Waals surface area contributed by atoms with Crippen molar-refractivity contribution in [1.82, 2.24) is 10.2 Å². The highest BCUT2D eigenvalue weighted by atomic mass is 35.5. The number of ether oxygens (including phenoxy) is 1. The van der Waals surface area contributed by atoms with Gasteiger partial charge in [0, 0.05) is 18.1 Å². The van der Waals surface area contributed by atoms with Crippen molar-refractivity contribution in [2.45, 2.75) is 45.2 Å². The first kappa shape index (κ1) is 31.0. The van der Waals surface area contributed by atoms with Crippen molar-refractivity contribution in [2.75, 3.05) is 24.5 Å². The lowest BCUT2D eigenvalue weighted by atomic mass is 10.1. The van der Waals surface area contributed by atoms with Gasteiger partial charge in [-0.2, -0.15) is 0 Å². The van der Waals surface area contributed by atoms with Crippen LogP contribution in [0.15, 0.2) is 77.7 Å². The molecule has 1 atom stereocenters. The molecule has 0 saturated carbocycles. The van der Waals surface area contributed by atoms with Gasteiger partial charge in [0.15, 0.2) is 0 Å². The third-order valence-corrected chi connectivity index (χ3v) is 8.59. The molecule has 0 heterocycles. The van der Waals surface area contributed by atoms with Crippen LogP contribution in [0.1, 0.15) is 31.9 Å². The zero-order valence-corrected chi connectivity index (χ0v) is 25.0. The summed E-state index contributed by atoms with van der Waals surface area (Å²) < 4.78 is 34.0. The van der Waals surface area contributed by atoms with Crippen molar-refractivity contribution in [3.05, 3.63) is 88.9 Å². The van der Waals surface area contributed by atoms with Gasteiger partial charge in [-0.3, -0.25) is 13.9 Å². The lowest BCUT2D eigenvalue weighted by Gasteiger charge is -2.32. The number of benzene rings is 3. The fraction of sp³-hybridized carbons (Fsp3) is 0.333. The Morgan fingerprint density at radius 1 is 0.975 bits per heavy atom. The van der Waals surface area contributed by atoms with E-state index in [-0.39, 0.29) is 29.0 Å². The van der Waals surface area contributed by atoms with Gasteiger partial charge >= 0.3 is 0 Å². The number of sulfonamides is 1. The Morgan fingerprint density at radius 3 is 2.30 bits per heavy atom. The van der Waals surface area contributed by atoms with Crippen LogP contribution < -0.4 is 14.4 Å². The van der Waals surface area contributed by atoms with E-state index < -0.39 is 28.5 Å². The molecule has 10 heteroatoms. The number of halogens is 1. The Morgan fingerprint density at radius 2 is 1.68 bits per heavy atom. The molecule has 0 aromatic heterocycles. The molecular weight excluding hydrogens is 550 g/mol. The van der Waals surface area contributed by atoms with Crippen LogP contribution in [-0.2, 0) is 26.2 Å². The van der Waals surface area contributed by atoms with Gasteiger partial charge in [-0.05, 0) is 67.3 Å². The summed E-state index contributed by atoms with van der Waals surface area (Å²) in [4.78, 5) is 28.5. The molecule has 0 spiro atoms. The van der Waals surface area contributed by atoms with Gasteiger partial charge < -0.3 is 15.0 Å². The molecular formula is C30H36ClN3O5S. The summed E-state index contributed by atoms with van der Waals surface area (Å²) in [5, 5.41) is 3.24. The second kappa shape index (κ2) is 13.7. The Bertz CT molecular complexity index is 1430. The van der Waals surface area contributed by atoms with Crippen LogP contribution in [-0.4, -0.2) is 51.4 Å². The third kappa shape index (κ3) is 7.76. The average molecular weight is 586 g/mol. The minimum Gasteiger partial charge on any atom is -0.497 e. The number of methoxy groups -OCH3 is 1. The van der Waals surface area contributed by atoms with E-state index in [1.807, 2.05) is 19.9 Å². The lowest BCUT2D eigenvalue weighted by Crippen LogP contribution is -2.51. The predicted molar refractivity (Wildman–Crippen MR) is 158 cm³/mol. The smallest absolute Gasteiger partial charge is 0.264 e. The zero-order chi connectivity index (χ0) is 29.4. The molecule has 0 saturated heterocycles. The highest BCUT2D eigenvalue weighted by molar-refractivity contribution is 7.92. The van der Waals surface area contributed by atoms with Crippen LogP contribution in [0.4, 0.5) is 5.69 Å². The van der Waals surface area contributed by atoms with Crippen LogP contribution in [0.2, 0.25) is 5.02 Å². The highest BCUT2D eigenvalue weighted by Gasteiger charge is 2.32. The van der Waals surface area contributed by atoms with Crippen molar-refractivity contribution < 1.29 is 22.7 Å². The molecule has 0 aliphatic heterocycles. The quantitative estimate of drug-likeness (QED) is 0.321. The monoisotopic (exact) mass is 585 g/mol. The van der Waals surface area contributed by atoms with E-state index in [0.717, 1.165) is 15.4 Å². The van der Waals surface area contributed by atoms with Crippen LogP contribution >= 0.6 is 11.6 Å². The molecule has 0 unspecified atom stereocenters. The normalized spacial score (nSPS) is 12.1. The molecule has 3 aromatic carbocycles. The van der Waals surface area contributed by atoms with Crippen molar-refractivity contribution in [1.29, 1.82) is 0 Å². The van der Waals surface area contributed by atoms with Gasteiger partial charge in [-0.25, -0.2) is 8.42 Å². The standard InChI is InChI=1S/C30H36ClN3O5S/c1-21(2)18-32-30(36)23(4)33(19-24-10-9-11-26(16-24)39-5)29(35)20-34(25-15-14-22(3)28(31)17-25)40(37,38)27-12-7-6-8-13-27/h6-17,21,23H,18-20H2,1-5H3,(H,32,36)/t23-/m0/s1. The first-order valence-corrected chi connectivity index (χ1v) is 14.8. The second-order valence-electron chi connectivity index (χ2n) is 9.95. The molecule has 3 aromatic rings. The predicted octanol–water partition coefficient (Wildman–Crippen LogP) is 5.04. The highest BCUT2D eigenvalue weighted by Crippen LogP contribution is 2.28. The zero-order valence-electron chi connectivity index (χ0n) is 23.4. The molecule has 0 bridgehead atoms. The number of hydrogen-bond acceptors (Lipinski definition) is 5. The summed E-state index contributed by atoms with van der Waals surface area (Å²) in [7, 11) is -2.61. The fourth-order valence-electron chi connectivity index (χ4n) is 3.99. The topological polar surface area (TPSA) is 96.0 Å². The van der Waals surface area contributed by atoms with Gasteiger partial charge in [0.25, 0.3) is 10.0 Å². The molecule has 40 heavy (non-hydrogen) atoms. The third-order valence-electron chi connectivity index (χ3n) is 6.39. The van der Waals surface area contributed by atoms with Gasteiger partial charge in [-0.1, -0.05) is 61.8 Å². The number of nitrogens with zero attached hydrogens (tertiary/aromatic N) is 2. The van der Waals surface area contributed by atoms with E-state index in [0.29, 0.717) is 17.3 Å². The maximum absolute atomic E-state index is 14.0. The van der Waals surface area contributed by atoms with Crippen LogP contribution in [0.3, 0.4) is 0 Å². The maximum Gasteiger partial charge on any atom is 0.264 e. The van der Waals surface area contributed by atoms with Gasteiger partial charge in [-0.15, -0.1) is 0 Å². The number of amides is 2. The molecule has 2 amide bonds. The molecule has 0 radical (unpaired) electrons. The summed E-state index contributed by atoms with van der Waals surface area (Å²) in [6, 6.07) is 19.0. The minimum absolute atomic E-state index is 0.0292. The summed E-state index contributed by atoms with van der Waals surface area (Å²) in [5.41, 5.74) is 1.74. The van der Waals surface area contributed by atoms with E-state index in [2.05, 4.69) is 5.32 Å². The van der Waals surface area contributed by atoms with Gasteiger partial charge in [0.1, 0.15) is 18.3 Å². The van der Waals surface area contributed by atoms with Gasteiger partial charge in [0.2, 0.25) is 11.8 Å². The lowest BCUT2D eigenvalue weighted by molar-refractivity contribution is -0.139. The summed E-state index contributed by atoms with van der Waals surface area (Å²) >= 11 is 6.36. The maximum atomic E-state index is 14.0. The largest absolute Gasteiger partial charge is 0.497 e. The molecule has 8 nitrogen and oxygen atoms in total. The second-order valence-corrected chi connectivity index (χ2v) is 12.2. The number of nitrogens with one attached hydrogen (secondary N) is 1. The number of carbonyl (C=O) groups is 2. The van der Waals surface area contributed by atoms with Gasteiger partial charge in [0.05, 0.1) is 17.7 Å². The average Bonchev–Trinajstić information content (AvgIpc) is 2.94. The number of carbonyl (C=O) groups excluding carboxylic acids is 2. The molecule has 3 rings (SSSR count). The molecule has 0 aliphatic carbocycles. The van der Waals surface area contributed by atoms with Crippen molar-refractivity contribution >= 4 is 39.1 Å². The number of hydrogen-bond donors (Lipinski definition) is 1. The van der Waals surface area contributed by atoms with Crippen molar-refractivity contribution in [3.63, 3.8) is 0 Å². The van der Waals surface area contributed by atoms with Crippen LogP contribution in [0.25, 0.3) is 0 Å². The van der Waals surface area contributed by atoms with E-state index in [1.54, 1.807) is 69.5 Å². The van der Waals surface area contributed by atoms with Crippen molar-refractivity contribution in [3.8, 4) is 5.75 Å². The van der Waals surface area contributed by atoms with E-state index in [9.17, 15) is 18.0 Å². The fourth-order valence-corrected chi connectivity index (χ4v) is 5.59. The SMILES string of the molecule is COc1cccc(CN(C(=O)CN(c2ccc(C)c(Cl)c2)S(=O)(=O)c2ccccc2)[C@@H](C)C(=O)NCC(C)C)c1. The minimum atomic E-state index is -4.16. The Kier molecular flexibility index (Phi) is 10.6. The van der Waals surface area contributed by atoms with Crippen LogP contribution in [0, 0.1) is 12.8 Å².